The van der Waals surface area contributed by atoms with Gasteiger partial charge in [0.25, 0.3) is 0 Å². The molecule has 0 aromatic carbocycles. The molecule has 0 saturated carbocycles. The van der Waals surface area contributed by atoms with Crippen LogP contribution in [0.3, 0.4) is 0 Å². The SMILES string of the molecule is C/C=C/COCC(Cl)C#N. The summed E-state index contributed by atoms with van der Waals surface area (Å²) in [6.45, 7) is 2.73. The molecular formula is C7H10ClNO. The Morgan fingerprint density at radius 2 is 2.50 bits per heavy atom. The molecule has 0 aliphatic rings. The van der Waals surface area contributed by atoms with E-state index >= 15 is 0 Å². The number of alkyl halides is 1. The quantitative estimate of drug-likeness (QED) is 0.356. The minimum absolute atomic E-state index is 0.294. The molecule has 0 fully saturated rings. The molecule has 1 atom stereocenters. The Bertz CT molecular complexity index is 139. The first-order chi connectivity index (χ1) is 4.81. The largest absolute Gasteiger partial charge is 0.375 e. The minimum Gasteiger partial charge on any atom is -0.375 e. The Balaban J connectivity index is 3.13. The number of ether oxygens (including phenoxy) is 1. The summed E-state index contributed by atoms with van der Waals surface area (Å²) < 4.78 is 4.99. The van der Waals surface area contributed by atoms with Crippen molar-refractivity contribution in [2.24, 2.45) is 0 Å². The van der Waals surface area contributed by atoms with E-state index in [0.717, 1.165) is 0 Å². The van der Waals surface area contributed by atoms with E-state index in [9.17, 15) is 0 Å². The third-order valence-corrected chi connectivity index (χ3v) is 1.08. The zero-order chi connectivity index (χ0) is 7.82. The van der Waals surface area contributed by atoms with Crippen LogP contribution in [0.5, 0.6) is 0 Å². The molecule has 0 radical (unpaired) electrons. The summed E-state index contributed by atoms with van der Waals surface area (Å²) in [5, 5.41) is 7.69. The Labute approximate surface area is 66.0 Å². The summed E-state index contributed by atoms with van der Waals surface area (Å²) in [6.07, 6.45) is 3.75. The van der Waals surface area contributed by atoms with Crippen LogP contribution in [-0.4, -0.2) is 18.6 Å². The highest BCUT2D eigenvalue weighted by Gasteiger charge is 1.98. The van der Waals surface area contributed by atoms with Gasteiger partial charge in [-0.1, -0.05) is 12.2 Å². The van der Waals surface area contributed by atoms with Crippen LogP contribution in [0.2, 0.25) is 0 Å². The average molecular weight is 160 g/mol. The lowest BCUT2D eigenvalue weighted by atomic mass is 10.5. The number of nitrogens with zero attached hydrogens (tertiary/aromatic N) is 1. The first kappa shape index (κ1) is 9.48. The van der Waals surface area contributed by atoms with Gasteiger partial charge in [-0.15, -0.1) is 11.6 Å². The molecule has 0 aromatic rings. The number of allylic oxidation sites excluding steroid dienone is 1. The number of nitriles is 1. The van der Waals surface area contributed by atoms with Crippen molar-refractivity contribution in [2.45, 2.75) is 12.3 Å². The van der Waals surface area contributed by atoms with Crippen LogP contribution in [0.1, 0.15) is 6.92 Å². The second-order valence-electron chi connectivity index (χ2n) is 1.70. The van der Waals surface area contributed by atoms with Gasteiger partial charge in [-0.05, 0) is 6.92 Å². The fourth-order valence-corrected chi connectivity index (χ4v) is 0.462. The van der Waals surface area contributed by atoms with E-state index in [-0.39, 0.29) is 0 Å². The summed E-state index contributed by atoms with van der Waals surface area (Å²) in [6, 6.07) is 1.86. The Morgan fingerprint density at radius 1 is 1.80 bits per heavy atom. The molecule has 0 saturated heterocycles. The highest BCUT2D eigenvalue weighted by Crippen LogP contribution is 1.93. The van der Waals surface area contributed by atoms with Crippen LogP contribution in [0.4, 0.5) is 0 Å². The van der Waals surface area contributed by atoms with E-state index in [1.54, 1.807) is 0 Å². The molecule has 2 nitrogen and oxygen atoms in total. The molecular weight excluding hydrogens is 150 g/mol. The molecule has 0 aromatic heterocycles. The van der Waals surface area contributed by atoms with E-state index in [1.165, 1.54) is 0 Å². The maximum Gasteiger partial charge on any atom is 0.143 e. The molecule has 0 rings (SSSR count). The van der Waals surface area contributed by atoms with Gasteiger partial charge in [-0.3, -0.25) is 0 Å². The number of rotatable bonds is 4. The smallest absolute Gasteiger partial charge is 0.143 e. The number of halogens is 1. The van der Waals surface area contributed by atoms with Gasteiger partial charge in [0.2, 0.25) is 0 Å². The van der Waals surface area contributed by atoms with Crippen LogP contribution in [0.25, 0.3) is 0 Å². The highest BCUT2D eigenvalue weighted by atomic mass is 35.5. The highest BCUT2D eigenvalue weighted by molar-refractivity contribution is 6.22. The Kier molecular flexibility index (Phi) is 6.25. The van der Waals surface area contributed by atoms with Crippen LogP contribution < -0.4 is 0 Å². The molecule has 0 amide bonds. The molecule has 1 unspecified atom stereocenters. The zero-order valence-corrected chi connectivity index (χ0v) is 6.64. The normalized spacial score (nSPS) is 13.3. The predicted octanol–water partition coefficient (Wildman–Crippen LogP) is 1.71. The van der Waals surface area contributed by atoms with E-state index in [4.69, 9.17) is 21.6 Å². The summed E-state index contributed by atoms with van der Waals surface area (Å²) in [4.78, 5) is 0. The molecule has 3 heteroatoms. The zero-order valence-electron chi connectivity index (χ0n) is 5.88. The molecule has 0 heterocycles. The predicted molar refractivity (Wildman–Crippen MR) is 40.9 cm³/mol. The summed E-state index contributed by atoms with van der Waals surface area (Å²) in [5.74, 6) is 0. The van der Waals surface area contributed by atoms with Gasteiger partial charge < -0.3 is 4.74 Å². The molecule has 0 bridgehead atoms. The van der Waals surface area contributed by atoms with Gasteiger partial charge in [-0.2, -0.15) is 5.26 Å². The van der Waals surface area contributed by atoms with E-state index in [1.807, 2.05) is 25.1 Å². The molecule has 56 valence electrons. The third kappa shape index (κ3) is 5.61. The average Bonchev–Trinajstić information content (AvgIpc) is 1.98. The number of hydrogen-bond acceptors (Lipinski definition) is 2. The van der Waals surface area contributed by atoms with Crippen molar-refractivity contribution in [3.63, 3.8) is 0 Å². The molecule has 10 heavy (non-hydrogen) atoms. The summed E-state index contributed by atoms with van der Waals surface area (Å²) in [7, 11) is 0. The summed E-state index contributed by atoms with van der Waals surface area (Å²) >= 11 is 5.43. The van der Waals surface area contributed by atoms with Crippen molar-refractivity contribution < 1.29 is 4.74 Å². The molecule has 0 aliphatic heterocycles. The molecule has 0 spiro atoms. The van der Waals surface area contributed by atoms with Gasteiger partial charge >= 0.3 is 0 Å². The second kappa shape index (κ2) is 6.60. The van der Waals surface area contributed by atoms with Gasteiger partial charge in [0.1, 0.15) is 5.38 Å². The van der Waals surface area contributed by atoms with Crippen molar-refractivity contribution in [1.29, 1.82) is 5.26 Å². The summed E-state index contributed by atoms with van der Waals surface area (Å²) in [5.41, 5.74) is 0. The van der Waals surface area contributed by atoms with E-state index < -0.39 is 5.38 Å². The Hall–Kier alpha value is -0.520. The standard InChI is InChI=1S/C7H10ClNO/c1-2-3-4-10-6-7(8)5-9/h2-3,7H,4,6H2,1H3/b3-2+. The lowest BCUT2D eigenvalue weighted by molar-refractivity contribution is 0.170. The lowest BCUT2D eigenvalue weighted by Crippen LogP contribution is -2.05. The van der Waals surface area contributed by atoms with Crippen molar-refractivity contribution in [1.82, 2.24) is 0 Å². The first-order valence-corrected chi connectivity index (χ1v) is 3.47. The van der Waals surface area contributed by atoms with Crippen LogP contribution in [-0.2, 0) is 4.74 Å². The van der Waals surface area contributed by atoms with E-state index in [0.29, 0.717) is 13.2 Å². The fraction of sp³-hybridized carbons (Fsp3) is 0.571. The first-order valence-electron chi connectivity index (χ1n) is 3.04. The van der Waals surface area contributed by atoms with Crippen molar-refractivity contribution in [3.8, 4) is 6.07 Å². The van der Waals surface area contributed by atoms with Gasteiger partial charge in [0.15, 0.2) is 0 Å². The maximum atomic E-state index is 8.21. The minimum atomic E-state index is -0.523. The van der Waals surface area contributed by atoms with Gasteiger partial charge in [0.05, 0.1) is 19.3 Å². The monoisotopic (exact) mass is 159 g/mol. The van der Waals surface area contributed by atoms with Crippen molar-refractivity contribution in [2.75, 3.05) is 13.2 Å². The molecule has 0 aliphatic carbocycles. The number of hydrogen-bond donors (Lipinski definition) is 0. The second-order valence-corrected chi connectivity index (χ2v) is 2.23. The van der Waals surface area contributed by atoms with Crippen molar-refractivity contribution in [3.05, 3.63) is 12.2 Å². The lowest BCUT2D eigenvalue weighted by Gasteiger charge is -1.98. The van der Waals surface area contributed by atoms with Gasteiger partial charge in [-0.25, -0.2) is 0 Å². The van der Waals surface area contributed by atoms with Crippen molar-refractivity contribution >= 4 is 11.6 Å². The van der Waals surface area contributed by atoms with Crippen LogP contribution in [0.15, 0.2) is 12.2 Å². The Morgan fingerprint density at radius 3 is 3.00 bits per heavy atom. The molecule has 0 N–H and O–H groups in total. The fourth-order valence-electron chi connectivity index (χ4n) is 0.373. The van der Waals surface area contributed by atoms with E-state index in [2.05, 4.69) is 0 Å². The topological polar surface area (TPSA) is 33.0 Å². The van der Waals surface area contributed by atoms with Gasteiger partial charge in [0, 0.05) is 0 Å². The third-order valence-electron chi connectivity index (χ3n) is 0.854. The van der Waals surface area contributed by atoms with Crippen LogP contribution >= 0.6 is 11.6 Å². The van der Waals surface area contributed by atoms with Crippen LogP contribution in [0, 0.1) is 11.3 Å². The maximum absolute atomic E-state index is 8.21.